The summed E-state index contributed by atoms with van der Waals surface area (Å²) in [4.78, 5) is 0. The Kier molecular flexibility index (Phi) is 5.75. The molecule has 0 fully saturated rings. The molecular weight excluding hydrogens is 411 g/mol. The molecule has 2 heterocycles. The largest absolute Gasteiger partial charge is 0.433 e. The summed E-state index contributed by atoms with van der Waals surface area (Å²) in [5, 5.41) is 27.7. The maximum Gasteiger partial charge on any atom is 0.433 e. The van der Waals surface area contributed by atoms with Crippen molar-refractivity contribution in [3.05, 3.63) is 46.7 Å². The molecule has 29 heavy (non-hydrogen) atoms. The predicted octanol–water partition coefficient (Wildman–Crippen LogP) is 4.53. The minimum atomic E-state index is -4.74. The van der Waals surface area contributed by atoms with Crippen molar-refractivity contribution in [2.24, 2.45) is 0 Å². The van der Waals surface area contributed by atoms with Gasteiger partial charge in [0, 0.05) is 12.1 Å². The first kappa shape index (κ1) is 21.4. The van der Waals surface area contributed by atoms with Crippen molar-refractivity contribution in [1.82, 2.24) is 14.9 Å². The minimum absolute atomic E-state index is 0.0608. The highest BCUT2D eigenvalue weighted by Crippen LogP contribution is 2.41. The van der Waals surface area contributed by atoms with Crippen LogP contribution in [0.3, 0.4) is 0 Å². The molecule has 1 aromatic carbocycles. The summed E-state index contributed by atoms with van der Waals surface area (Å²) in [5.41, 5.74) is -1.89. The van der Waals surface area contributed by atoms with Gasteiger partial charge < -0.3 is 14.7 Å². The van der Waals surface area contributed by atoms with Crippen LogP contribution in [0.5, 0.6) is 0 Å². The van der Waals surface area contributed by atoms with E-state index in [0.29, 0.717) is 10.6 Å². The van der Waals surface area contributed by atoms with Crippen LogP contribution in [0.2, 0.25) is 5.02 Å². The van der Waals surface area contributed by atoms with Gasteiger partial charge in [0.1, 0.15) is 5.69 Å². The van der Waals surface area contributed by atoms with Gasteiger partial charge in [-0.25, -0.2) is 0 Å². The molecule has 0 amide bonds. The zero-order valence-corrected chi connectivity index (χ0v) is 16.4. The molecule has 0 radical (unpaired) electrons. The molecule has 0 bridgehead atoms. The minimum Gasteiger partial charge on any atom is -0.391 e. The first-order valence-corrected chi connectivity index (χ1v) is 9.11. The first-order chi connectivity index (χ1) is 13.5. The quantitative estimate of drug-likeness (QED) is 0.601. The maximum absolute atomic E-state index is 13.8. The molecule has 156 valence electrons. The number of nitrogens with zero attached hydrogens (tertiary/aromatic N) is 3. The van der Waals surface area contributed by atoms with Crippen LogP contribution in [-0.2, 0) is 19.3 Å². The highest BCUT2D eigenvalue weighted by molar-refractivity contribution is 6.33. The number of alkyl halides is 3. The average molecular weight is 430 g/mol. The third-order valence-corrected chi connectivity index (χ3v) is 4.69. The van der Waals surface area contributed by atoms with Gasteiger partial charge in [-0.2, -0.15) is 18.3 Å². The van der Waals surface area contributed by atoms with Crippen molar-refractivity contribution in [3.8, 4) is 22.6 Å². The number of aryl methyl sites for hydroxylation is 1. The number of halogens is 4. The van der Waals surface area contributed by atoms with E-state index < -0.39 is 24.1 Å². The molecule has 2 aromatic heterocycles. The summed E-state index contributed by atoms with van der Waals surface area (Å²) in [6.45, 7) is 2.24. The molecule has 10 heteroatoms. The lowest BCUT2D eigenvalue weighted by Crippen LogP contribution is -2.24. The predicted molar refractivity (Wildman–Crippen MR) is 100 cm³/mol. The third-order valence-electron chi connectivity index (χ3n) is 4.36. The van der Waals surface area contributed by atoms with Crippen molar-refractivity contribution in [2.45, 2.75) is 45.2 Å². The fourth-order valence-corrected chi connectivity index (χ4v) is 3.16. The monoisotopic (exact) mass is 429 g/mol. The van der Waals surface area contributed by atoms with Crippen LogP contribution in [0.25, 0.3) is 22.6 Å². The van der Waals surface area contributed by atoms with E-state index in [1.807, 2.05) is 0 Å². The van der Waals surface area contributed by atoms with Gasteiger partial charge in [0.2, 0.25) is 0 Å². The Morgan fingerprint density at radius 1 is 1.17 bits per heavy atom. The van der Waals surface area contributed by atoms with Gasteiger partial charge in [0.25, 0.3) is 0 Å². The number of hydrogen-bond acceptors (Lipinski definition) is 5. The SMILES string of the molecule is CC(C)(O)CCn1ncc(-c2onc(-c3ccccc3Cl)c2CO)c1C(F)(F)F. The van der Waals surface area contributed by atoms with Crippen LogP contribution in [0.15, 0.2) is 35.0 Å². The fourth-order valence-electron chi connectivity index (χ4n) is 2.93. The Hall–Kier alpha value is -2.36. The molecule has 2 N–H and O–H groups in total. The average Bonchev–Trinajstić information content (AvgIpc) is 3.22. The van der Waals surface area contributed by atoms with E-state index in [2.05, 4.69) is 10.3 Å². The highest BCUT2D eigenvalue weighted by atomic mass is 35.5. The second kappa shape index (κ2) is 7.81. The van der Waals surface area contributed by atoms with Crippen LogP contribution in [0.1, 0.15) is 31.5 Å². The molecule has 0 saturated carbocycles. The Balaban J connectivity index is 2.12. The summed E-state index contributed by atoms with van der Waals surface area (Å²) in [7, 11) is 0. The summed E-state index contributed by atoms with van der Waals surface area (Å²) in [5.74, 6) is -0.232. The first-order valence-electron chi connectivity index (χ1n) is 8.73. The lowest BCUT2D eigenvalue weighted by molar-refractivity contribution is -0.144. The van der Waals surface area contributed by atoms with Crippen molar-refractivity contribution < 1.29 is 27.9 Å². The molecule has 0 aliphatic heterocycles. The smallest absolute Gasteiger partial charge is 0.391 e. The second-order valence-corrected chi connectivity index (χ2v) is 7.57. The number of benzene rings is 1. The van der Waals surface area contributed by atoms with E-state index in [1.54, 1.807) is 24.3 Å². The van der Waals surface area contributed by atoms with Gasteiger partial charge in [0.15, 0.2) is 11.5 Å². The topological polar surface area (TPSA) is 84.3 Å². The molecule has 3 rings (SSSR count). The summed E-state index contributed by atoms with van der Waals surface area (Å²) in [6.07, 6.45) is -3.66. The third kappa shape index (κ3) is 4.47. The number of rotatable bonds is 6. The van der Waals surface area contributed by atoms with Crippen molar-refractivity contribution in [1.29, 1.82) is 0 Å². The van der Waals surface area contributed by atoms with Crippen LogP contribution in [0, 0.1) is 0 Å². The van der Waals surface area contributed by atoms with Crippen LogP contribution < -0.4 is 0 Å². The molecule has 6 nitrogen and oxygen atoms in total. The molecule has 0 unspecified atom stereocenters. The second-order valence-electron chi connectivity index (χ2n) is 7.17. The number of aromatic nitrogens is 3. The van der Waals surface area contributed by atoms with Gasteiger partial charge >= 0.3 is 6.18 Å². The Bertz CT molecular complexity index is 1010. The standard InChI is InChI=1S/C19H19ClF3N3O3/c1-18(2,28)7-8-26-17(19(21,22)23)12(9-24-26)16-13(10-27)15(25-29-16)11-5-3-4-6-14(11)20/h3-6,9,27-28H,7-8,10H2,1-2H3. The lowest BCUT2D eigenvalue weighted by atomic mass is 10.0. The Labute approximate surface area is 169 Å². The Morgan fingerprint density at radius 2 is 1.86 bits per heavy atom. The Morgan fingerprint density at radius 3 is 2.45 bits per heavy atom. The highest BCUT2D eigenvalue weighted by Gasteiger charge is 2.40. The molecular formula is C19H19ClF3N3O3. The lowest BCUT2D eigenvalue weighted by Gasteiger charge is -2.18. The van der Waals surface area contributed by atoms with Gasteiger partial charge in [-0.3, -0.25) is 4.68 Å². The van der Waals surface area contributed by atoms with Crippen LogP contribution in [0.4, 0.5) is 13.2 Å². The summed E-state index contributed by atoms with van der Waals surface area (Å²) >= 11 is 6.15. The fraction of sp³-hybridized carbons (Fsp3) is 0.368. The maximum atomic E-state index is 13.8. The van der Waals surface area contributed by atoms with Crippen molar-refractivity contribution >= 4 is 11.6 Å². The summed E-state index contributed by atoms with van der Waals surface area (Å²) < 4.78 is 47.4. The normalized spacial score (nSPS) is 12.6. The molecule has 0 saturated heterocycles. The number of hydrogen-bond donors (Lipinski definition) is 2. The van der Waals surface area contributed by atoms with Crippen molar-refractivity contribution in [2.75, 3.05) is 0 Å². The van der Waals surface area contributed by atoms with Gasteiger partial charge in [-0.15, -0.1) is 0 Å². The van der Waals surface area contributed by atoms with E-state index in [1.165, 1.54) is 13.8 Å². The van der Waals surface area contributed by atoms with Gasteiger partial charge in [0.05, 0.1) is 34.6 Å². The zero-order valence-electron chi connectivity index (χ0n) is 15.7. The summed E-state index contributed by atoms with van der Waals surface area (Å²) in [6, 6.07) is 6.61. The van der Waals surface area contributed by atoms with E-state index in [0.717, 1.165) is 10.9 Å². The van der Waals surface area contributed by atoms with E-state index in [9.17, 15) is 23.4 Å². The zero-order chi connectivity index (χ0) is 21.4. The molecule has 0 atom stereocenters. The van der Waals surface area contributed by atoms with E-state index in [-0.39, 0.29) is 35.5 Å². The molecule has 3 aromatic rings. The van der Waals surface area contributed by atoms with Gasteiger partial charge in [-0.1, -0.05) is 35.0 Å². The van der Waals surface area contributed by atoms with Crippen LogP contribution in [-0.4, -0.2) is 30.8 Å². The number of aliphatic hydroxyl groups excluding tert-OH is 1. The molecule has 0 aliphatic carbocycles. The van der Waals surface area contributed by atoms with Crippen molar-refractivity contribution in [3.63, 3.8) is 0 Å². The molecule has 0 spiro atoms. The van der Waals surface area contributed by atoms with E-state index in [4.69, 9.17) is 16.1 Å². The van der Waals surface area contributed by atoms with Crippen LogP contribution >= 0.6 is 11.6 Å². The number of aliphatic hydroxyl groups is 2. The molecule has 0 aliphatic rings. The van der Waals surface area contributed by atoms with Gasteiger partial charge in [-0.05, 0) is 26.3 Å². The van der Waals surface area contributed by atoms with E-state index >= 15 is 0 Å².